The summed E-state index contributed by atoms with van der Waals surface area (Å²) in [5, 5.41) is 19.4. The van der Waals surface area contributed by atoms with E-state index in [4.69, 9.17) is 18.9 Å². The van der Waals surface area contributed by atoms with Gasteiger partial charge in [-0.1, -0.05) is 12.1 Å². The van der Waals surface area contributed by atoms with Crippen LogP contribution in [0.2, 0.25) is 0 Å². The van der Waals surface area contributed by atoms with Crippen molar-refractivity contribution in [2.75, 3.05) is 6.79 Å². The molecule has 0 amide bonds. The number of phosphoric ester groups is 1. The number of ether oxygens (including phenoxy) is 1. The molecule has 0 atom stereocenters. The van der Waals surface area contributed by atoms with Gasteiger partial charge in [-0.15, -0.1) is 0 Å². The smallest absolute Gasteiger partial charge is 0.472 e. The van der Waals surface area contributed by atoms with E-state index < -0.39 is 25.8 Å². The van der Waals surface area contributed by atoms with Gasteiger partial charge in [0.15, 0.2) is 6.79 Å². The number of aromatic hydroxyl groups is 2. The van der Waals surface area contributed by atoms with Crippen LogP contribution in [0.25, 0.3) is 22.1 Å². The molecule has 26 heavy (non-hydrogen) atoms. The van der Waals surface area contributed by atoms with Crippen molar-refractivity contribution in [1.29, 1.82) is 0 Å². The van der Waals surface area contributed by atoms with Gasteiger partial charge >= 0.3 is 7.82 Å². The lowest BCUT2D eigenvalue weighted by atomic mass is 10.0. The fourth-order valence-corrected chi connectivity index (χ4v) is 2.48. The van der Waals surface area contributed by atoms with Gasteiger partial charge in [-0.25, -0.2) is 9.09 Å². The number of phenolic OH excluding ortho intramolecular Hbond substituents is 2. The zero-order valence-electron chi connectivity index (χ0n) is 13.0. The summed E-state index contributed by atoms with van der Waals surface area (Å²) in [6.45, 7) is -0.759. The van der Waals surface area contributed by atoms with E-state index in [1.807, 2.05) is 0 Å². The van der Waals surface area contributed by atoms with Crippen LogP contribution in [-0.2, 0) is 9.09 Å². The number of benzene rings is 2. The van der Waals surface area contributed by atoms with Crippen LogP contribution in [0.15, 0.2) is 51.9 Å². The maximum absolute atomic E-state index is 12.6. The Hall–Kier alpha value is -2.84. The van der Waals surface area contributed by atoms with Gasteiger partial charge in [0, 0.05) is 12.1 Å². The van der Waals surface area contributed by atoms with Gasteiger partial charge in [-0.2, -0.15) is 0 Å². The second-order valence-electron chi connectivity index (χ2n) is 5.22. The number of phosphoric acid groups is 1. The second-order valence-corrected chi connectivity index (χ2v) is 6.46. The minimum Gasteiger partial charge on any atom is -0.508 e. The van der Waals surface area contributed by atoms with Crippen LogP contribution in [0, 0.1) is 0 Å². The molecule has 2 aromatic carbocycles. The summed E-state index contributed by atoms with van der Waals surface area (Å²) in [5.74, 6) is -0.395. The molecule has 0 fully saturated rings. The molecule has 4 N–H and O–H groups in total. The maximum Gasteiger partial charge on any atom is 0.472 e. The number of hydrogen-bond acceptors (Lipinski definition) is 7. The van der Waals surface area contributed by atoms with E-state index in [1.54, 1.807) is 0 Å². The molecule has 3 rings (SSSR count). The number of hydrogen-bond donors (Lipinski definition) is 4. The lowest BCUT2D eigenvalue weighted by molar-refractivity contribution is 0.0828. The van der Waals surface area contributed by atoms with Crippen LogP contribution in [0.5, 0.6) is 17.2 Å². The van der Waals surface area contributed by atoms with Crippen LogP contribution in [0.3, 0.4) is 0 Å². The third kappa shape index (κ3) is 3.87. The normalized spacial score (nSPS) is 11.6. The average Bonchev–Trinajstić information content (AvgIpc) is 2.55. The van der Waals surface area contributed by atoms with Crippen LogP contribution in [-0.4, -0.2) is 26.8 Å². The van der Waals surface area contributed by atoms with Gasteiger partial charge in [0.2, 0.25) is 5.43 Å². The molecule has 136 valence electrons. The zero-order valence-corrected chi connectivity index (χ0v) is 13.9. The Morgan fingerprint density at radius 2 is 1.77 bits per heavy atom. The summed E-state index contributed by atoms with van der Waals surface area (Å²) >= 11 is 0. The van der Waals surface area contributed by atoms with Crippen molar-refractivity contribution in [1.82, 2.24) is 0 Å². The van der Waals surface area contributed by atoms with Crippen LogP contribution < -0.4 is 10.2 Å². The summed E-state index contributed by atoms with van der Waals surface area (Å²) < 4.78 is 25.1. The Morgan fingerprint density at radius 1 is 1.08 bits per heavy atom. The van der Waals surface area contributed by atoms with Crippen molar-refractivity contribution in [3.8, 4) is 28.4 Å². The van der Waals surface area contributed by atoms with Gasteiger partial charge in [-0.3, -0.25) is 4.79 Å². The minimum absolute atomic E-state index is 0.0102. The number of fused-ring (bicyclic) bond motifs is 1. The number of phenols is 2. The molecule has 10 heteroatoms. The highest BCUT2D eigenvalue weighted by Gasteiger charge is 2.16. The molecule has 0 bridgehead atoms. The Bertz CT molecular complexity index is 1050. The first-order valence-corrected chi connectivity index (χ1v) is 8.68. The Labute approximate surface area is 145 Å². The third-order valence-corrected chi connectivity index (χ3v) is 3.90. The summed E-state index contributed by atoms with van der Waals surface area (Å²) in [6.07, 6.45) is 1.20. The third-order valence-electron chi connectivity index (χ3n) is 3.46. The van der Waals surface area contributed by atoms with Crippen molar-refractivity contribution in [2.45, 2.75) is 0 Å². The fourth-order valence-electron chi connectivity index (χ4n) is 2.29. The molecule has 3 aromatic rings. The van der Waals surface area contributed by atoms with Gasteiger partial charge in [0.25, 0.3) is 0 Å². The second kappa shape index (κ2) is 6.81. The molecule has 1 aromatic heterocycles. The molecule has 1 heterocycles. The minimum atomic E-state index is -4.69. The highest BCUT2D eigenvalue weighted by Crippen LogP contribution is 2.36. The average molecular weight is 380 g/mol. The first-order chi connectivity index (χ1) is 12.2. The molecule has 0 spiro atoms. The first-order valence-electron chi connectivity index (χ1n) is 7.15. The summed E-state index contributed by atoms with van der Waals surface area (Å²) in [7, 11) is -4.69. The molecule has 0 saturated carbocycles. The Kier molecular flexibility index (Phi) is 4.71. The Balaban J connectivity index is 1.98. The molecule has 0 radical (unpaired) electrons. The van der Waals surface area contributed by atoms with Crippen molar-refractivity contribution in [2.24, 2.45) is 0 Å². The highest BCUT2D eigenvalue weighted by molar-refractivity contribution is 7.46. The van der Waals surface area contributed by atoms with E-state index in [2.05, 4.69) is 4.52 Å². The maximum atomic E-state index is 12.6. The predicted molar refractivity (Wildman–Crippen MR) is 89.9 cm³/mol. The van der Waals surface area contributed by atoms with Crippen LogP contribution >= 0.6 is 7.82 Å². The molecule has 0 aliphatic heterocycles. The zero-order chi connectivity index (χ0) is 18.9. The topological polar surface area (TPSA) is 147 Å². The largest absolute Gasteiger partial charge is 0.508 e. The van der Waals surface area contributed by atoms with E-state index >= 15 is 0 Å². The van der Waals surface area contributed by atoms with Gasteiger partial charge in [0.05, 0.1) is 5.56 Å². The lowest BCUT2D eigenvalue weighted by Gasteiger charge is -2.10. The monoisotopic (exact) mass is 380 g/mol. The Morgan fingerprint density at radius 3 is 2.42 bits per heavy atom. The summed E-state index contributed by atoms with van der Waals surface area (Å²) in [4.78, 5) is 29.8. The van der Waals surface area contributed by atoms with E-state index in [9.17, 15) is 19.6 Å². The molecule has 0 unspecified atom stereocenters. The van der Waals surface area contributed by atoms with E-state index in [0.717, 1.165) is 6.07 Å². The van der Waals surface area contributed by atoms with Crippen LogP contribution in [0.4, 0.5) is 0 Å². The predicted octanol–water partition coefficient (Wildman–Crippen LogP) is 2.32. The number of rotatable bonds is 5. The highest BCUT2D eigenvalue weighted by atomic mass is 31.2. The lowest BCUT2D eigenvalue weighted by Crippen LogP contribution is -2.06. The molecule has 9 nitrogen and oxygen atoms in total. The standard InChI is InChI=1S/C16H13O9P/c17-10-3-1-9(2-4-10)12-7-23-14-6-11(24-8-25-26(20,21)22)5-13(18)15(14)16(12)19/h1-7,17-18H,8H2,(H2,20,21,22). The first kappa shape index (κ1) is 18.0. The molecule has 0 aliphatic carbocycles. The summed E-state index contributed by atoms with van der Waals surface area (Å²) in [5.41, 5.74) is 0.204. The van der Waals surface area contributed by atoms with E-state index in [-0.39, 0.29) is 28.0 Å². The molecular weight excluding hydrogens is 367 g/mol. The summed E-state index contributed by atoms with van der Waals surface area (Å²) in [6, 6.07) is 8.26. The molecule has 0 saturated heterocycles. The van der Waals surface area contributed by atoms with Crippen molar-refractivity contribution in [3.63, 3.8) is 0 Å². The van der Waals surface area contributed by atoms with E-state index in [1.165, 1.54) is 36.6 Å². The SMILES string of the molecule is O=c1c(-c2ccc(O)cc2)coc2cc(OCOP(=O)(O)O)cc(O)c12. The molecule has 0 aliphatic rings. The van der Waals surface area contributed by atoms with Crippen molar-refractivity contribution >= 4 is 18.8 Å². The van der Waals surface area contributed by atoms with Gasteiger partial charge < -0.3 is 29.2 Å². The quantitative estimate of drug-likeness (QED) is 0.387. The fraction of sp³-hybridized carbons (Fsp3) is 0.0625. The van der Waals surface area contributed by atoms with Gasteiger partial charge in [-0.05, 0) is 17.7 Å². The van der Waals surface area contributed by atoms with Crippen molar-refractivity contribution in [3.05, 3.63) is 52.9 Å². The van der Waals surface area contributed by atoms with Gasteiger partial charge in [0.1, 0.15) is 34.5 Å². The van der Waals surface area contributed by atoms with Crippen LogP contribution in [0.1, 0.15) is 0 Å². The molecular formula is C16H13O9P. The van der Waals surface area contributed by atoms with E-state index in [0.29, 0.717) is 5.56 Å². The van der Waals surface area contributed by atoms with Crippen molar-refractivity contribution < 1.29 is 38.2 Å².